The fraction of sp³-hybridized carbons (Fsp3) is 0.267. The highest BCUT2D eigenvalue weighted by atomic mass is 19.4. The van der Waals surface area contributed by atoms with E-state index in [2.05, 4.69) is 10.3 Å². The summed E-state index contributed by atoms with van der Waals surface area (Å²) in [4.78, 5) is 4.31. The van der Waals surface area contributed by atoms with E-state index in [0.29, 0.717) is 11.3 Å². The summed E-state index contributed by atoms with van der Waals surface area (Å²) in [5.41, 5.74) is 0.524. The van der Waals surface area contributed by atoms with Gasteiger partial charge in [0.25, 0.3) is 0 Å². The number of aromatic nitrogens is 1. The van der Waals surface area contributed by atoms with Gasteiger partial charge in [0.05, 0.1) is 17.3 Å². The van der Waals surface area contributed by atoms with Crippen LogP contribution in [0.25, 0.3) is 0 Å². The Morgan fingerprint density at radius 2 is 1.86 bits per heavy atom. The molecule has 0 fully saturated rings. The monoisotopic (exact) mass is 298 g/mol. The van der Waals surface area contributed by atoms with Crippen LogP contribution in [-0.2, 0) is 6.18 Å². The Labute approximate surface area is 119 Å². The number of pyridine rings is 1. The Morgan fingerprint density at radius 3 is 2.38 bits per heavy atom. The normalized spacial score (nSPS) is 13.2. The summed E-state index contributed by atoms with van der Waals surface area (Å²) in [6.07, 6.45) is -4.70. The number of hydrogen-bond acceptors (Lipinski definition) is 2. The van der Waals surface area contributed by atoms with Gasteiger partial charge in [-0.3, -0.25) is 4.98 Å². The summed E-state index contributed by atoms with van der Waals surface area (Å²) >= 11 is 0. The van der Waals surface area contributed by atoms with Gasteiger partial charge in [0.1, 0.15) is 5.82 Å². The lowest BCUT2D eigenvalue weighted by Gasteiger charge is -2.18. The first-order valence-electron chi connectivity index (χ1n) is 6.30. The van der Waals surface area contributed by atoms with Crippen LogP contribution in [-0.4, -0.2) is 12.0 Å². The molecule has 0 amide bonds. The van der Waals surface area contributed by atoms with E-state index in [9.17, 15) is 17.6 Å². The molecule has 0 spiro atoms. The van der Waals surface area contributed by atoms with E-state index in [4.69, 9.17) is 0 Å². The molecule has 1 aromatic heterocycles. The van der Waals surface area contributed by atoms with Crippen LogP contribution < -0.4 is 5.32 Å². The molecule has 0 saturated heterocycles. The van der Waals surface area contributed by atoms with Gasteiger partial charge in [0.2, 0.25) is 0 Å². The summed E-state index contributed by atoms with van der Waals surface area (Å²) in [7, 11) is 1.64. The number of hydrogen-bond donors (Lipinski definition) is 1. The molecule has 1 N–H and O–H groups in total. The van der Waals surface area contributed by atoms with Gasteiger partial charge in [-0.25, -0.2) is 4.39 Å². The summed E-state index contributed by atoms with van der Waals surface area (Å²) in [5, 5.41) is 2.94. The van der Waals surface area contributed by atoms with Crippen LogP contribution in [0.3, 0.4) is 0 Å². The van der Waals surface area contributed by atoms with Gasteiger partial charge in [-0.1, -0.05) is 12.1 Å². The number of aryl methyl sites for hydroxylation is 1. The number of alkyl halides is 3. The highest BCUT2D eigenvalue weighted by molar-refractivity contribution is 5.33. The minimum atomic E-state index is -4.70. The quantitative estimate of drug-likeness (QED) is 0.870. The molecule has 0 aliphatic heterocycles. The van der Waals surface area contributed by atoms with Crippen LogP contribution in [0.15, 0.2) is 36.4 Å². The first-order valence-corrected chi connectivity index (χ1v) is 6.30. The molecule has 0 aliphatic carbocycles. The molecule has 0 saturated carbocycles. The van der Waals surface area contributed by atoms with Crippen molar-refractivity contribution in [2.75, 3.05) is 7.05 Å². The predicted molar refractivity (Wildman–Crippen MR) is 71.3 cm³/mol. The van der Waals surface area contributed by atoms with Crippen molar-refractivity contribution >= 4 is 0 Å². The van der Waals surface area contributed by atoms with E-state index in [1.54, 1.807) is 19.2 Å². The molecule has 21 heavy (non-hydrogen) atoms. The summed E-state index contributed by atoms with van der Waals surface area (Å²) in [6, 6.07) is 7.78. The van der Waals surface area contributed by atoms with Gasteiger partial charge >= 0.3 is 6.18 Å². The minimum absolute atomic E-state index is 0.390. The van der Waals surface area contributed by atoms with Crippen molar-refractivity contribution in [3.8, 4) is 0 Å². The Kier molecular flexibility index (Phi) is 4.27. The predicted octanol–water partition coefficient (Wildman–Crippen LogP) is 3.86. The van der Waals surface area contributed by atoms with E-state index in [1.165, 1.54) is 6.07 Å². The number of nitrogens with one attached hydrogen (secondary N) is 1. The van der Waals surface area contributed by atoms with Gasteiger partial charge < -0.3 is 5.32 Å². The Hall–Kier alpha value is -1.95. The molecule has 112 valence electrons. The second-order valence-electron chi connectivity index (χ2n) is 4.66. The molecule has 1 unspecified atom stereocenters. The van der Waals surface area contributed by atoms with Gasteiger partial charge in [-0.2, -0.15) is 13.2 Å². The first kappa shape index (κ1) is 15.4. The van der Waals surface area contributed by atoms with Crippen molar-refractivity contribution in [1.82, 2.24) is 10.3 Å². The second-order valence-corrected chi connectivity index (χ2v) is 4.66. The molecule has 2 aromatic rings. The van der Waals surface area contributed by atoms with Crippen molar-refractivity contribution in [2.24, 2.45) is 0 Å². The average molecular weight is 298 g/mol. The van der Waals surface area contributed by atoms with Crippen LogP contribution in [0.1, 0.15) is 28.6 Å². The number of benzene rings is 1. The number of rotatable bonds is 3. The largest absolute Gasteiger partial charge is 0.419 e. The maximum atomic E-state index is 13.7. The highest BCUT2D eigenvalue weighted by Crippen LogP contribution is 2.33. The molecule has 2 rings (SSSR count). The SMILES string of the molecule is CNC(c1ccc(C(F)(F)F)c(F)c1)c1cccc(C)n1. The third-order valence-electron chi connectivity index (χ3n) is 3.13. The molecule has 0 radical (unpaired) electrons. The molecular formula is C15H14F4N2. The second kappa shape index (κ2) is 5.81. The number of nitrogens with zero attached hydrogens (tertiary/aromatic N) is 1. The third-order valence-corrected chi connectivity index (χ3v) is 3.13. The van der Waals surface area contributed by atoms with Gasteiger partial charge in [0.15, 0.2) is 0 Å². The molecule has 1 atom stereocenters. The van der Waals surface area contributed by atoms with E-state index in [0.717, 1.165) is 17.8 Å². The zero-order chi connectivity index (χ0) is 15.6. The van der Waals surface area contributed by atoms with Crippen LogP contribution in [0.5, 0.6) is 0 Å². The smallest absolute Gasteiger partial charge is 0.308 e. The van der Waals surface area contributed by atoms with Crippen molar-refractivity contribution in [1.29, 1.82) is 0 Å². The molecule has 1 heterocycles. The lowest BCUT2D eigenvalue weighted by atomic mass is 10.0. The van der Waals surface area contributed by atoms with E-state index in [1.807, 2.05) is 13.0 Å². The summed E-state index contributed by atoms with van der Waals surface area (Å²) in [5.74, 6) is -1.28. The fourth-order valence-corrected chi connectivity index (χ4v) is 2.15. The van der Waals surface area contributed by atoms with Crippen molar-refractivity contribution in [3.05, 3.63) is 64.7 Å². The van der Waals surface area contributed by atoms with E-state index < -0.39 is 23.6 Å². The third kappa shape index (κ3) is 3.39. The topological polar surface area (TPSA) is 24.9 Å². The lowest BCUT2D eigenvalue weighted by molar-refractivity contribution is -0.140. The van der Waals surface area contributed by atoms with Crippen molar-refractivity contribution in [2.45, 2.75) is 19.1 Å². The zero-order valence-corrected chi connectivity index (χ0v) is 11.5. The maximum Gasteiger partial charge on any atom is 0.419 e. The van der Waals surface area contributed by atoms with E-state index in [-0.39, 0.29) is 0 Å². The lowest BCUT2D eigenvalue weighted by Crippen LogP contribution is -2.20. The van der Waals surface area contributed by atoms with Gasteiger partial charge in [-0.15, -0.1) is 0 Å². The number of halogens is 4. The Balaban J connectivity index is 2.42. The highest BCUT2D eigenvalue weighted by Gasteiger charge is 2.34. The molecule has 1 aromatic carbocycles. The molecular weight excluding hydrogens is 284 g/mol. The van der Waals surface area contributed by atoms with Gasteiger partial charge in [-0.05, 0) is 43.8 Å². The minimum Gasteiger partial charge on any atom is -0.308 e. The standard InChI is InChI=1S/C15H14F4N2/c1-9-4-3-5-13(21-9)14(20-2)10-6-7-11(12(16)8-10)15(17,18)19/h3-8,14,20H,1-2H3. The molecule has 2 nitrogen and oxygen atoms in total. The average Bonchev–Trinajstić information content (AvgIpc) is 2.38. The summed E-state index contributed by atoms with van der Waals surface area (Å²) < 4.78 is 51.4. The van der Waals surface area contributed by atoms with Crippen LogP contribution in [0, 0.1) is 12.7 Å². The maximum absolute atomic E-state index is 13.7. The fourth-order valence-electron chi connectivity index (χ4n) is 2.15. The molecule has 0 aliphatic rings. The molecule has 0 bridgehead atoms. The first-order chi connectivity index (χ1) is 9.82. The molecule has 6 heteroatoms. The van der Waals surface area contributed by atoms with Crippen LogP contribution >= 0.6 is 0 Å². The summed E-state index contributed by atoms with van der Waals surface area (Å²) in [6.45, 7) is 1.81. The zero-order valence-electron chi connectivity index (χ0n) is 11.5. The van der Waals surface area contributed by atoms with Crippen molar-refractivity contribution < 1.29 is 17.6 Å². The Morgan fingerprint density at radius 1 is 1.14 bits per heavy atom. The van der Waals surface area contributed by atoms with Crippen LogP contribution in [0.2, 0.25) is 0 Å². The van der Waals surface area contributed by atoms with Gasteiger partial charge in [0, 0.05) is 5.69 Å². The Bertz CT molecular complexity index is 638. The van der Waals surface area contributed by atoms with E-state index >= 15 is 0 Å². The van der Waals surface area contributed by atoms with Crippen molar-refractivity contribution in [3.63, 3.8) is 0 Å². The van der Waals surface area contributed by atoms with Crippen LogP contribution in [0.4, 0.5) is 17.6 Å².